The van der Waals surface area contributed by atoms with E-state index in [-0.39, 0.29) is 5.41 Å². The van der Waals surface area contributed by atoms with E-state index in [0.717, 1.165) is 12.2 Å². The maximum absolute atomic E-state index is 5.75. The molecule has 0 radical (unpaired) electrons. The molecular formula is C13H19ClO. The van der Waals surface area contributed by atoms with Crippen molar-refractivity contribution in [2.24, 2.45) is 0 Å². The SMILES string of the molecule is COc1ccc(CCCl)cc1C(C)(C)C. The second kappa shape index (κ2) is 4.89. The van der Waals surface area contributed by atoms with Crippen LogP contribution < -0.4 is 4.74 Å². The van der Waals surface area contributed by atoms with Crippen LogP contribution in [0.25, 0.3) is 0 Å². The van der Waals surface area contributed by atoms with Gasteiger partial charge in [0.2, 0.25) is 0 Å². The van der Waals surface area contributed by atoms with Crippen molar-refractivity contribution in [1.29, 1.82) is 0 Å². The highest BCUT2D eigenvalue weighted by Gasteiger charge is 2.18. The lowest BCUT2D eigenvalue weighted by Gasteiger charge is -2.22. The molecule has 0 bridgehead atoms. The number of aryl methyl sites for hydroxylation is 1. The first kappa shape index (κ1) is 12.4. The van der Waals surface area contributed by atoms with Gasteiger partial charge in [0.15, 0.2) is 0 Å². The molecule has 0 aliphatic rings. The van der Waals surface area contributed by atoms with Gasteiger partial charge in [-0.25, -0.2) is 0 Å². The number of methoxy groups -OCH3 is 1. The standard InChI is InChI=1S/C13H19ClO/c1-13(2,3)11-9-10(7-8-14)5-6-12(11)15-4/h5-6,9H,7-8H2,1-4H3. The second-order valence-corrected chi connectivity index (χ2v) is 5.10. The van der Waals surface area contributed by atoms with Crippen LogP contribution in [0.5, 0.6) is 5.75 Å². The Hall–Kier alpha value is -0.690. The van der Waals surface area contributed by atoms with Crippen molar-refractivity contribution in [3.63, 3.8) is 0 Å². The third-order valence-corrected chi connectivity index (χ3v) is 2.64. The van der Waals surface area contributed by atoms with Crippen LogP contribution >= 0.6 is 11.6 Å². The summed E-state index contributed by atoms with van der Waals surface area (Å²) in [6.45, 7) is 6.57. The third kappa shape index (κ3) is 3.13. The van der Waals surface area contributed by atoms with Gasteiger partial charge in [-0.3, -0.25) is 0 Å². The lowest BCUT2D eigenvalue weighted by Crippen LogP contribution is -2.13. The maximum Gasteiger partial charge on any atom is 0.122 e. The smallest absolute Gasteiger partial charge is 0.122 e. The summed E-state index contributed by atoms with van der Waals surface area (Å²) in [6.07, 6.45) is 0.911. The molecule has 2 heteroatoms. The fourth-order valence-electron chi connectivity index (χ4n) is 1.61. The maximum atomic E-state index is 5.75. The minimum atomic E-state index is 0.105. The van der Waals surface area contributed by atoms with E-state index in [1.165, 1.54) is 11.1 Å². The Balaban J connectivity index is 3.13. The fraction of sp³-hybridized carbons (Fsp3) is 0.538. The number of hydrogen-bond acceptors (Lipinski definition) is 1. The molecule has 0 aromatic heterocycles. The minimum absolute atomic E-state index is 0.105. The van der Waals surface area contributed by atoms with Crippen LogP contribution in [0.2, 0.25) is 0 Å². The first-order valence-electron chi connectivity index (χ1n) is 5.22. The molecule has 0 aliphatic heterocycles. The molecule has 15 heavy (non-hydrogen) atoms. The van der Waals surface area contributed by atoms with Gasteiger partial charge in [0, 0.05) is 5.88 Å². The number of alkyl halides is 1. The molecule has 1 nitrogen and oxygen atoms in total. The Labute approximate surface area is 97.4 Å². The molecule has 0 heterocycles. The van der Waals surface area contributed by atoms with Gasteiger partial charge in [-0.1, -0.05) is 32.9 Å². The average Bonchev–Trinajstić information content (AvgIpc) is 2.17. The van der Waals surface area contributed by atoms with E-state index in [4.69, 9.17) is 16.3 Å². The quantitative estimate of drug-likeness (QED) is 0.713. The van der Waals surface area contributed by atoms with E-state index in [9.17, 15) is 0 Å². The molecule has 0 fully saturated rings. The Morgan fingerprint density at radius 2 is 1.93 bits per heavy atom. The Morgan fingerprint density at radius 1 is 1.27 bits per heavy atom. The van der Waals surface area contributed by atoms with Crippen LogP contribution in [0.15, 0.2) is 18.2 Å². The Bertz CT molecular complexity index is 326. The molecule has 0 spiro atoms. The van der Waals surface area contributed by atoms with E-state index in [1.807, 2.05) is 6.07 Å². The van der Waals surface area contributed by atoms with Crippen molar-refractivity contribution in [3.05, 3.63) is 29.3 Å². The van der Waals surface area contributed by atoms with Crippen molar-refractivity contribution >= 4 is 11.6 Å². The van der Waals surface area contributed by atoms with Crippen molar-refractivity contribution in [2.75, 3.05) is 13.0 Å². The highest BCUT2D eigenvalue weighted by Crippen LogP contribution is 2.32. The number of rotatable bonds is 3. The topological polar surface area (TPSA) is 9.23 Å². The van der Waals surface area contributed by atoms with E-state index in [1.54, 1.807) is 7.11 Å². The highest BCUT2D eigenvalue weighted by molar-refractivity contribution is 6.17. The van der Waals surface area contributed by atoms with Crippen LogP contribution in [0.3, 0.4) is 0 Å². The Kier molecular flexibility index (Phi) is 4.04. The summed E-state index contributed by atoms with van der Waals surface area (Å²) >= 11 is 5.75. The molecule has 1 aromatic rings. The van der Waals surface area contributed by atoms with Gasteiger partial charge < -0.3 is 4.74 Å². The minimum Gasteiger partial charge on any atom is -0.496 e. The molecule has 0 atom stereocenters. The zero-order valence-electron chi connectivity index (χ0n) is 9.93. The molecule has 0 saturated carbocycles. The highest BCUT2D eigenvalue weighted by atomic mass is 35.5. The predicted molar refractivity (Wildman–Crippen MR) is 66.1 cm³/mol. The molecule has 84 valence electrons. The van der Waals surface area contributed by atoms with E-state index in [0.29, 0.717) is 5.88 Å². The average molecular weight is 227 g/mol. The van der Waals surface area contributed by atoms with Crippen molar-refractivity contribution in [3.8, 4) is 5.75 Å². The normalized spacial score (nSPS) is 11.5. The van der Waals surface area contributed by atoms with E-state index < -0.39 is 0 Å². The molecule has 0 unspecified atom stereocenters. The summed E-state index contributed by atoms with van der Waals surface area (Å²) in [7, 11) is 1.71. The van der Waals surface area contributed by atoms with Gasteiger partial charge in [0.05, 0.1) is 7.11 Å². The van der Waals surface area contributed by atoms with Crippen LogP contribution in [0.4, 0.5) is 0 Å². The van der Waals surface area contributed by atoms with Gasteiger partial charge in [0.25, 0.3) is 0 Å². The summed E-state index contributed by atoms with van der Waals surface area (Å²) < 4.78 is 5.37. The predicted octanol–water partition coefficient (Wildman–Crippen LogP) is 3.77. The van der Waals surface area contributed by atoms with Crippen LogP contribution in [0, 0.1) is 0 Å². The molecule has 0 aliphatic carbocycles. The monoisotopic (exact) mass is 226 g/mol. The van der Waals surface area contributed by atoms with Crippen molar-refractivity contribution in [1.82, 2.24) is 0 Å². The van der Waals surface area contributed by atoms with Gasteiger partial charge >= 0.3 is 0 Å². The summed E-state index contributed by atoms with van der Waals surface area (Å²) in [6, 6.07) is 6.31. The Morgan fingerprint density at radius 3 is 2.40 bits per heavy atom. The van der Waals surface area contributed by atoms with Crippen LogP contribution in [0.1, 0.15) is 31.9 Å². The fourth-order valence-corrected chi connectivity index (χ4v) is 1.82. The van der Waals surface area contributed by atoms with E-state index in [2.05, 4.69) is 32.9 Å². The number of hydrogen-bond donors (Lipinski definition) is 0. The van der Waals surface area contributed by atoms with Crippen LogP contribution in [-0.2, 0) is 11.8 Å². The molecule has 0 N–H and O–H groups in total. The van der Waals surface area contributed by atoms with Gasteiger partial charge in [-0.05, 0) is 29.0 Å². The molecule has 0 saturated heterocycles. The molecule has 1 rings (SSSR count). The lowest BCUT2D eigenvalue weighted by atomic mass is 9.85. The molecular weight excluding hydrogens is 208 g/mol. The van der Waals surface area contributed by atoms with Gasteiger partial charge in [-0.15, -0.1) is 11.6 Å². The summed E-state index contributed by atoms with van der Waals surface area (Å²) in [5.41, 5.74) is 2.62. The first-order valence-corrected chi connectivity index (χ1v) is 5.76. The summed E-state index contributed by atoms with van der Waals surface area (Å²) in [4.78, 5) is 0. The zero-order valence-corrected chi connectivity index (χ0v) is 10.7. The van der Waals surface area contributed by atoms with Gasteiger partial charge in [-0.2, -0.15) is 0 Å². The van der Waals surface area contributed by atoms with Crippen molar-refractivity contribution in [2.45, 2.75) is 32.6 Å². The number of halogens is 1. The third-order valence-electron chi connectivity index (χ3n) is 2.46. The first-order chi connectivity index (χ1) is 6.99. The largest absolute Gasteiger partial charge is 0.496 e. The van der Waals surface area contributed by atoms with Gasteiger partial charge in [0.1, 0.15) is 5.75 Å². The number of benzene rings is 1. The molecule has 1 aromatic carbocycles. The number of ether oxygens (including phenoxy) is 1. The second-order valence-electron chi connectivity index (χ2n) is 4.72. The lowest BCUT2D eigenvalue weighted by molar-refractivity contribution is 0.397. The molecule has 0 amide bonds. The summed E-state index contributed by atoms with van der Waals surface area (Å²) in [5.74, 6) is 1.62. The van der Waals surface area contributed by atoms with Crippen LogP contribution in [-0.4, -0.2) is 13.0 Å². The van der Waals surface area contributed by atoms with Crippen molar-refractivity contribution < 1.29 is 4.74 Å². The zero-order chi connectivity index (χ0) is 11.5. The summed E-state index contributed by atoms with van der Waals surface area (Å²) in [5, 5.41) is 0. The van der Waals surface area contributed by atoms with E-state index >= 15 is 0 Å².